The Labute approximate surface area is 60.5 Å². The number of hydrogen-bond acceptors (Lipinski definition) is 3. The standard InChI is InChI=1S/C4H6O3.Ga/c1-3(5)7-4(2)6;/h1-2H3;. The van der Waals surface area contributed by atoms with E-state index in [1.807, 2.05) is 0 Å². The van der Waals surface area contributed by atoms with Crippen LogP contribution in [0, 0.1) is 0 Å². The molecule has 43 valence electrons. The van der Waals surface area contributed by atoms with Gasteiger partial charge < -0.3 is 4.74 Å². The second-order valence-electron chi connectivity index (χ2n) is 1.09. The molecule has 0 saturated heterocycles. The molecule has 0 aromatic heterocycles. The van der Waals surface area contributed by atoms with Crippen molar-refractivity contribution in [2.24, 2.45) is 0 Å². The molecule has 0 unspecified atom stereocenters. The molecule has 0 bridgehead atoms. The zero-order valence-electron chi connectivity index (χ0n) is 4.80. The predicted octanol–water partition coefficient (Wildman–Crippen LogP) is -0.285. The van der Waals surface area contributed by atoms with Gasteiger partial charge >= 0.3 is 11.9 Å². The van der Waals surface area contributed by atoms with E-state index in [-0.39, 0.29) is 19.8 Å². The Kier molecular flexibility index (Phi) is 6.59. The van der Waals surface area contributed by atoms with Crippen LogP contribution in [-0.2, 0) is 14.3 Å². The average Bonchev–Trinajstić information content (AvgIpc) is 1.27. The van der Waals surface area contributed by atoms with Crippen LogP contribution < -0.4 is 0 Å². The van der Waals surface area contributed by atoms with E-state index in [1.54, 1.807) is 0 Å². The van der Waals surface area contributed by atoms with Crippen LogP contribution in [0.2, 0.25) is 0 Å². The molecule has 0 aromatic carbocycles. The van der Waals surface area contributed by atoms with Gasteiger partial charge in [0.25, 0.3) is 0 Å². The summed E-state index contributed by atoms with van der Waals surface area (Å²) >= 11 is 0. The molecule has 0 aliphatic heterocycles. The zero-order valence-corrected chi connectivity index (χ0v) is 7.22. The number of carbonyl (C=O) groups is 2. The number of rotatable bonds is 0. The third-order valence-electron chi connectivity index (χ3n) is 0.287. The fourth-order valence-corrected chi connectivity index (χ4v) is 0.202. The van der Waals surface area contributed by atoms with E-state index in [4.69, 9.17) is 0 Å². The number of carbonyl (C=O) groups excluding carboxylic acids is 2. The summed E-state index contributed by atoms with van der Waals surface area (Å²) in [5.74, 6) is -1.12. The van der Waals surface area contributed by atoms with Crippen LogP contribution in [0.25, 0.3) is 0 Å². The molecule has 8 heavy (non-hydrogen) atoms. The Bertz CT molecular complexity index is 87.5. The Morgan fingerprint density at radius 3 is 1.38 bits per heavy atom. The van der Waals surface area contributed by atoms with Crippen molar-refractivity contribution in [3.05, 3.63) is 0 Å². The molecular formula is C4H6GaO3. The minimum absolute atomic E-state index is 0. The van der Waals surface area contributed by atoms with Crippen LogP contribution in [0.15, 0.2) is 0 Å². The Hall–Kier alpha value is -0.224. The first-order valence-corrected chi connectivity index (χ1v) is 1.82. The third-order valence-corrected chi connectivity index (χ3v) is 0.287. The molecule has 0 saturated carbocycles. The molecule has 0 rings (SSSR count). The molecule has 3 radical (unpaired) electrons. The quantitative estimate of drug-likeness (QED) is 0.286. The smallest absolute Gasteiger partial charge is 0.310 e. The molecule has 0 N–H and O–H groups in total. The molecule has 3 nitrogen and oxygen atoms in total. The summed E-state index contributed by atoms with van der Waals surface area (Å²) < 4.78 is 3.97. The van der Waals surface area contributed by atoms with Crippen molar-refractivity contribution < 1.29 is 14.3 Å². The number of ether oxygens (including phenoxy) is 1. The van der Waals surface area contributed by atoms with Crippen LogP contribution in [-0.4, -0.2) is 31.7 Å². The summed E-state index contributed by atoms with van der Waals surface area (Å²) in [6.45, 7) is 2.36. The summed E-state index contributed by atoms with van der Waals surface area (Å²) in [5.41, 5.74) is 0. The van der Waals surface area contributed by atoms with Crippen molar-refractivity contribution in [2.75, 3.05) is 0 Å². The fourth-order valence-electron chi connectivity index (χ4n) is 0.202. The van der Waals surface area contributed by atoms with E-state index < -0.39 is 11.9 Å². The van der Waals surface area contributed by atoms with Crippen molar-refractivity contribution in [3.63, 3.8) is 0 Å². The van der Waals surface area contributed by atoms with Crippen LogP contribution in [0.4, 0.5) is 0 Å². The van der Waals surface area contributed by atoms with Crippen molar-refractivity contribution in [1.29, 1.82) is 0 Å². The van der Waals surface area contributed by atoms with Crippen LogP contribution in [0.3, 0.4) is 0 Å². The molecule has 0 aromatic rings. The van der Waals surface area contributed by atoms with Crippen LogP contribution in [0.1, 0.15) is 13.8 Å². The first-order valence-electron chi connectivity index (χ1n) is 1.82. The molecule has 0 amide bonds. The SMILES string of the molecule is CC(=O)OC(C)=O.[Ga]. The Balaban J connectivity index is 0. The Morgan fingerprint density at radius 1 is 1.12 bits per heavy atom. The van der Waals surface area contributed by atoms with Crippen LogP contribution >= 0.6 is 0 Å². The maximum atomic E-state index is 9.81. The topological polar surface area (TPSA) is 43.4 Å². The number of hydrogen-bond donors (Lipinski definition) is 0. The third kappa shape index (κ3) is 9.24. The number of esters is 2. The first-order chi connectivity index (χ1) is 3.13. The first kappa shape index (κ1) is 10.7. The monoisotopic (exact) mass is 171 g/mol. The van der Waals surface area contributed by atoms with E-state index in [0.29, 0.717) is 0 Å². The van der Waals surface area contributed by atoms with E-state index in [2.05, 4.69) is 4.74 Å². The molecule has 0 spiro atoms. The van der Waals surface area contributed by atoms with Crippen molar-refractivity contribution >= 4 is 31.7 Å². The van der Waals surface area contributed by atoms with E-state index >= 15 is 0 Å². The predicted molar refractivity (Wildman–Crippen MR) is 28.2 cm³/mol. The minimum atomic E-state index is -0.562. The maximum absolute atomic E-state index is 9.81. The van der Waals surface area contributed by atoms with Crippen molar-refractivity contribution in [3.8, 4) is 0 Å². The summed E-state index contributed by atoms with van der Waals surface area (Å²) in [7, 11) is 0. The maximum Gasteiger partial charge on any atom is 0.310 e. The van der Waals surface area contributed by atoms with E-state index in [0.717, 1.165) is 0 Å². The normalized spacial score (nSPS) is 6.75. The molecule has 0 heterocycles. The fraction of sp³-hybridized carbons (Fsp3) is 0.500. The molecule has 0 fully saturated rings. The van der Waals surface area contributed by atoms with E-state index in [1.165, 1.54) is 13.8 Å². The van der Waals surface area contributed by atoms with Gasteiger partial charge in [0.1, 0.15) is 0 Å². The van der Waals surface area contributed by atoms with Gasteiger partial charge in [-0.3, -0.25) is 9.59 Å². The van der Waals surface area contributed by atoms with Crippen molar-refractivity contribution in [2.45, 2.75) is 13.8 Å². The summed E-state index contributed by atoms with van der Waals surface area (Å²) in [5, 5.41) is 0. The molecular weight excluding hydrogens is 166 g/mol. The second kappa shape index (κ2) is 4.92. The van der Waals surface area contributed by atoms with Gasteiger partial charge in [0.2, 0.25) is 0 Å². The van der Waals surface area contributed by atoms with Crippen molar-refractivity contribution in [1.82, 2.24) is 0 Å². The Morgan fingerprint density at radius 2 is 1.38 bits per heavy atom. The van der Waals surface area contributed by atoms with E-state index in [9.17, 15) is 9.59 Å². The second-order valence-corrected chi connectivity index (χ2v) is 1.09. The molecule has 0 aliphatic carbocycles. The van der Waals surface area contributed by atoms with Gasteiger partial charge in [0, 0.05) is 33.6 Å². The van der Waals surface area contributed by atoms with Gasteiger partial charge in [0.05, 0.1) is 0 Å². The summed E-state index contributed by atoms with van der Waals surface area (Å²) in [6.07, 6.45) is 0. The van der Waals surface area contributed by atoms with Gasteiger partial charge in [-0.1, -0.05) is 0 Å². The van der Waals surface area contributed by atoms with Gasteiger partial charge in [-0.05, 0) is 0 Å². The van der Waals surface area contributed by atoms with Gasteiger partial charge in [-0.15, -0.1) is 0 Å². The minimum Gasteiger partial charge on any atom is -0.394 e. The van der Waals surface area contributed by atoms with Gasteiger partial charge in [-0.2, -0.15) is 0 Å². The molecule has 4 heteroatoms. The molecule has 0 atom stereocenters. The summed E-state index contributed by atoms with van der Waals surface area (Å²) in [6, 6.07) is 0. The molecule has 0 aliphatic rings. The average molecular weight is 172 g/mol. The summed E-state index contributed by atoms with van der Waals surface area (Å²) in [4.78, 5) is 19.6. The van der Waals surface area contributed by atoms with Crippen LogP contribution in [0.5, 0.6) is 0 Å². The van der Waals surface area contributed by atoms with Gasteiger partial charge in [-0.25, -0.2) is 0 Å². The zero-order chi connectivity index (χ0) is 5.86. The van der Waals surface area contributed by atoms with Gasteiger partial charge in [0.15, 0.2) is 0 Å². The largest absolute Gasteiger partial charge is 0.394 e.